The van der Waals surface area contributed by atoms with Crippen LogP contribution in [0.3, 0.4) is 0 Å². The number of likely N-dealkylation sites (tertiary alicyclic amines) is 1. The number of para-hydroxylation sites is 1. The van der Waals surface area contributed by atoms with Crippen LogP contribution in [-0.4, -0.2) is 87.7 Å². The summed E-state index contributed by atoms with van der Waals surface area (Å²) in [6.07, 6.45) is 1.11. The number of rotatable bonds is 8. The lowest BCUT2D eigenvalue weighted by molar-refractivity contribution is -0.137. The maximum Gasteiger partial charge on any atom is 0.260 e. The predicted molar refractivity (Wildman–Crippen MR) is 110 cm³/mol. The molecule has 0 atom stereocenters. The quantitative estimate of drug-likeness (QED) is 0.615. The Morgan fingerprint density at radius 3 is 2.40 bits per heavy atom. The lowest BCUT2D eigenvalue weighted by Crippen LogP contribution is -2.46. The van der Waals surface area contributed by atoms with Crippen LogP contribution in [0.15, 0.2) is 30.3 Å². The molecule has 30 heavy (non-hydrogen) atoms. The maximum absolute atomic E-state index is 12.4. The summed E-state index contributed by atoms with van der Waals surface area (Å²) in [5.41, 5.74) is 0. The Bertz CT molecular complexity index is 803. The highest BCUT2D eigenvalue weighted by Crippen LogP contribution is 2.18. The third-order valence-corrected chi connectivity index (χ3v) is 7.22. The van der Waals surface area contributed by atoms with Crippen LogP contribution in [0.5, 0.6) is 5.75 Å². The first-order valence-electron chi connectivity index (χ1n) is 10.2. The zero-order valence-electron chi connectivity index (χ0n) is 17.0. The average molecular weight is 440 g/mol. The summed E-state index contributed by atoms with van der Waals surface area (Å²) in [7, 11) is -3.39. The minimum Gasteiger partial charge on any atom is -0.484 e. The fourth-order valence-electron chi connectivity index (χ4n) is 3.55. The molecule has 0 unspecified atom stereocenters. The molecule has 0 bridgehead atoms. The van der Waals surface area contributed by atoms with E-state index in [4.69, 9.17) is 9.47 Å². The van der Waals surface area contributed by atoms with Crippen LogP contribution in [-0.2, 0) is 24.3 Å². The SMILES string of the molecule is O=C(NCCS(=O)(=O)N1CCOCC1)C1CCN(C(=O)COc2ccccc2)CC1. The van der Waals surface area contributed by atoms with E-state index < -0.39 is 10.0 Å². The van der Waals surface area contributed by atoms with E-state index in [0.29, 0.717) is 58.0 Å². The average Bonchev–Trinajstić information content (AvgIpc) is 2.78. The fraction of sp³-hybridized carbons (Fsp3) is 0.600. The molecular weight excluding hydrogens is 410 g/mol. The smallest absolute Gasteiger partial charge is 0.260 e. The zero-order valence-corrected chi connectivity index (χ0v) is 17.8. The Kier molecular flexibility index (Phi) is 8.06. The van der Waals surface area contributed by atoms with Gasteiger partial charge in [0.2, 0.25) is 15.9 Å². The van der Waals surface area contributed by atoms with E-state index in [1.807, 2.05) is 18.2 Å². The third kappa shape index (κ3) is 6.41. The first-order valence-corrected chi connectivity index (χ1v) is 11.9. The van der Waals surface area contributed by atoms with Crippen molar-refractivity contribution < 1.29 is 27.5 Å². The molecule has 166 valence electrons. The lowest BCUT2D eigenvalue weighted by atomic mass is 9.96. The van der Waals surface area contributed by atoms with Gasteiger partial charge in [-0.15, -0.1) is 0 Å². The van der Waals surface area contributed by atoms with Crippen molar-refractivity contribution in [3.63, 3.8) is 0 Å². The molecule has 0 aliphatic carbocycles. The molecule has 0 spiro atoms. The van der Waals surface area contributed by atoms with Crippen LogP contribution in [0, 0.1) is 5.92 Å². The van der Waals surface area contributed by atoms with E-state index in [2.05, 4.69) is 5.32 Å². The number of piperidine rings is 1. The Morgan fingerprint density at radius 2 is 1.73 bits per heavy atom. The Labute approximate surface area is 177 Å². The summed E-state index contributed by atoms with van der Waals surface area (Å²) in [5.74, 6) is 0.0591. The number of nitrogens with one attached hydrogen (secondary N) is 1. The van der Waals surface area contributed by atoms with Crippen molar-refractivity contribution in [3.05, 3.63) is 30.3 Å². The van der Waals surface area contributed by atoms with Crippen molar-refractivity contribution in [1.29, 1.82) is 0 Å². The Balaban J connectivity index is 1.35. The van der Waals surface area contributed by atoms with E-state index in [0.717, 1.165) is 0 Å². The standard InChI is InChI=1S/C20H29N3O6S/c24-19(16-29-18-4-2-1-3-5-18)22-9-6-17(7-10-22)20(25)21-8-15-30(26,27)23-11-13-28-14-12-23/h1-5,17H,6-16H2,(H,21,25). The van der Waals surface area contributed by atoms with Gasteiger partial charge in [-0.3, -0.25) is 9.59 Å². The maximum atomic E-state index is 12.4. The molecule has 1 aromatic rings. The van der Waals surface area contributed by atoms with Gasteiger partial charge in [0.25, 0.3) is 5.91 Å². The molecule has 9 nitrogen and oxygen atoms in total. The van der Waals surface area contributed by atoms with Gasteiger partial charge in [0.15, 0.2) is 6.61 Å². The molecule has 0 radical (unpaired) electrons. The molecular formula is C20H29N3O6S. The van der Waals surface area contributed by atoms with Gasteiger partial charge in [0.1, 0.15) is 5.75 Å². The molecule has 0 saturated carbocycles. The van der Waals surface area contributed by atoms with Crippen molar-refractivity contribution in [2.45, 2.75) is 12.8 Å². The zero-order chi connectivity index (χ0) is 21.4. The molecule has 2 amide bonds. The van der Waals surface area contributed by atoms with E-state index in [-0.39, 0.29) is 36.6 Å². The molecule has 2 heterocycles. The number of ether oxygens (including phenoxy) is 2. The lowest BCUT2D eigenvalue weighted by Gasteiger charge is -2.31. The first kappa shape index (κ1) is 22.5. The highest BCUT2D eigenvalue weighted by Gasteiger charge is 2.28. The molecule has 2 saturated heterocycles. The van der Waals surface area contributed by atoms with Gasteiger partial charge in [-0.05, 0) is 25.0 Å². The van der Waals surface area contributed by atoms with E-state index >= 15 is 0 Å². The number of hydrogen-bond acceptors (Lipinski definition) is 6. The van der Waals surface area contributed by atoms with E-state index in [9.17, 15) is 18.0 Å². The highest BCUT2D eigenvalue weighted by atomic mass is 32.2. The summed E-state index contributed by atoms with van der Waals surface area (Å²) in [6, 6.07) is 9.15. The highest BCUT2D eigenvalue weighted by molar-refractivity contribution is 7.89. The second kappa shape index (κ2) is 10.7. The molecule has 10 heteroatoms. The minimum atomic E-state index is -3.39. The van der Waals surface area contributed by atoms with Gasteiger partial charge in [-0.25, -0.2) is 8.42 Å². The summed E-state index contributed by atoms with van der Waals surface area (Å²) < 4.78 is 36.6. The van der Waals surface area contributed by atoms with Gasteiger partial charge in [-0.2, -0.15) is 4.31 Å². The molecule has 1 N–H and O–H groups in total. The first-order chi connectivity index (χ1) is 14.5. The number of hydrogen-bond donors (Lipinski definition) is 1. The predicted octanol–water partition coefficient (Wildman–Crippen LogP) is 0.0822. The summed E-state index contributed by atoms with van der Waals surface area (Å²) in [5, 5.41) is 2.73. The minimum absolute atomic E-state index is 0.0275. The van der Waals surface area contributed by atoms with Crippen molar-refractivity contribution >= 4 is 21.8 Å². The molecule has 0 aromatic heterocycles. The third-order valence-electron chi connectivity index (χ3n) is 5.35. The van der Waals surface area contributed by atoms with E-state index in [1.165, 1.54) is 4.31 Å². The monoisotopic (exact) mass is 439 g/mol. The second-order valence-corrected chi connectivity index (χ2v) is 9.46. The van der Waals surface area contributed by atoms with Gasteiger partial charge in [0, 0.05) is 38.6 Å². The molecule has 2 fully saturated rings. The number of amides is 2. The molecule has 3 rings (SSSR count). The molecule has 1 aromatic carbocycles. The van der Waals surface area contributed by atoms with Crippen LogP contribution in [0.1, 0.15) is 12.8 Å². The largest absolute Gasteiger partial charge is 0.484 e. The van der Waals surface area contributed by atoms with Crippen molar-refractivity contribution in [3.8, 4) is 5.75 Å². The second-order valence-electron chi connectivity index (χ2n) is 7.38. The van der Waals surface area contributed by atoms with Crippen LogP contribution >= 0.6 is 0 Å². The summed E-state index contributed by atoms with van der Waals surface area (Å²) in [6.45, 7) is 2.55. The normalized spacial score (nSPS) is 18.7. The van der Waals surface area contributed by atoms with Crippen LogP contribution in [0.25, 0.3) is 0 Å². The van der Waals surface area contributed by atoms with Gasteiger partial charge in [-0.1, -0.05) is 18.2 Å². The Morgan fingerprint density at radius 1 is 1.07 bits per heavy atom. The van der Waals surface area contributed by atoms with Crippen LogP contribution in [0.2, 0.25) is 0 Å². The molecule has 2 aliphatic rings. The topological polar surface area (TPSA) is 105 Å². The number of benzene rings is 1. The van der Waals surface area contributed by atoms with Crippen LogP contribution in [0.4, 0.5) is 0 Å². The van der Waals surface area contributed by atoms with Crippen molar-refractivity contribution in [2.24, 2.45) is 5.92 Å². The van der Waals surface area contributed by atoms with Crippen LogP contribution < -0.4 is 10.1 Å². The number of nitrogens with zero attached hydrogens (tertiary/aromatic N) is 2. The summed E-state index contributed by atoms with van der Waals surface area (Å²) >= 11 is 0. The number of carbonyl (C=O) groups excluding carboxylic acids is 2. The van der Waals surface area contributed by atoms with Crippen molar-refractivity contribution in [1.82, 2.24) is 14.5 Å². The number of carbonyl (C=O) groups is 2. The van der Waals surface area contributed by atoms with Gasteiger partial charge >= 0.3 is 0 Å². The van der Waals surface area contributed by atoms with E-state index in [1.54, 1.807) is 17.0 Å². The number of morpholine rings is 1. The summed E-state index contributed by atoms with van der Waals surface area (Å²) in [4.78, 5) is 26.4. The molecule has 2 aliphatic heterocycles. The fourth-order valence-corrected chi connectivity index (χ4v) is 4.87. The Hall–Kier alpha value is -2.17. The number of sulfonamides is 1. The van der Waals surface area contributed by atoms with Crippen molar-refractivity contribution in [2.75, 3.05) is 58.3 Å². The van der Waals surface area contributed by atoms with Gasteiger partial charge in [0.05, 0.1) is 19.0 Å². The van der Waals surface area contributed by atoms with Gasteiger partial charge < -0.3 is 19.7 Å².